The molecule has 1 N–H and O–H groups in total. The van der Waals surface area contributed by atoms with Gasteiger partial charge in [-0.25, -0.2) is 0 Å². The van der Waals surface area contributed by atoms with E-state index in [4.69, 9.17) is 39.5 Å². The summed E-state index contributed by atoms with van der Waals surface area (Å²) < 4.78 is 6.15. The topological polar surface area (TPSA) is 21.3 Å². The third-order valence-corrected chi connectivity index (χ3v) is 8.85. The minimum absolute atomic E-state index is 0.398. The third-order valence-electron chi connectivity index (χ3n) is 8.02. The van der Waals surface area contributed by atoms with Gasteiger partial charge in [0.1, 0.15) is 12.4 Å². The van der Waals surface area contributed by atoms with Gasteiger partial charge in [-0.3, -0.25) is 0 Å². The molecule has 0 heterocycles. The van der Waals surface area contributed by atoms with E-state index in [1.807, 2.05) is 30.3 Å². The zero-order valence-corrected chi connectivity index (χ0v) is 20.2. The van der Waals surface area contributed by atoms with Gasteiger partial charge in [-0.1, -0.05) is 40.9 Å². The highest BCUT2D eigenvalue weighted by molar-refractivity contribution is 6.35. The van der Waals surface area contributed by atoms with Crippen molar-refractivity contribution in [3.8, 4) is 5.75 Å². The smallest absolute Gasteiger partial charge is 0.124 e. The number of benzene rings is 2. The van der Waals surface area contributed by atoms with Crippen LogP contribution in [0.2, 0.25) is 15.1 Å². The van der Waals surface area contributed by atoms with Crippen molar-refractivity contribution in [2.45, 2.75) is 64.6 Å². The molecular weight excluding hydrogens is 449 g/mol. The summed E-state index contributed by atoms with van der Waals surface area (Å²) in [5.41, 5.74) is 2.49. The molecule has 4 fully saturated rings. The fraction of sp³-hybridized carbons (Fsp3) is 0.538. The van der Waals surface area contributed by atoms with Crippen molar-refractivity contribution >= 4 is 34.8 Å². The van der Waals surface area contributed by atoms with Crippen molar-refractivity contribution in [2.75, 3.05) is 0 Å². The number of ether oxygens (including phenoxy) is 1. The lowest BCUT2D eigenvalue weighted by atomic mass is 9.48. The van der Waals surface area contributed by atoms with Crippen LogP contribution < -0.4 is 10.1 Å². The fourth-order valence-electron chi connectivity index (χ4n) is 6.81. The molecule has 31 heavy (non-hydrogen) atoms. The first kappa shape index (κ1) is 21.9. The molecule has 0 radical (unpaired) electrons. The predicted molar refractivity (Wildman–Crippen MR) is 129 cm³/mol. The molecule has 1 atom stereocenters. The largest absolute Gasteiger partial charge is 0.489 e. The molecule has 0 saturated heterocycles. The lowest BCUT2D eigenvalue weighted by molar-refractivity contribution is -0.0706. The van der Waals surface area contributed by atoms with Crippen LogP contribution in [0.5, 0.6) is 5.75 Å². The van der Waals surface area contributed by atoms with E-state index >= 15 is 0 Å². The average molecular weight is 479 g/mol. The number of nitrogens with one attached hydrogen (secondary N) is 1. The fourth-order valence-corrected chi connectivity index (χ4v) is 7.47. The first-order chi connectivity index (χ1) is 14.9. The molecule has 2 aromatic rings. The Morgan fingerprint density at radius 1 is 0.903 bits per heavy atom. The average Bonchev–Trinajstić information content (AvgIpc) is 2.71. The third kappa shape index (κ3) is 4.60. The van der Waals surface area contributed by atoms with Crippen molar-refractivity contribution in [3.05, 3.63) is 62.6 Å². The second-order valence-electron chi connectivity index (χ2n) is 10.2. The molecular formula is C26H30Cl3NO. The van der Waals surface area contributed by atoms with E-state index < -0.39 is 0 Å². The molecule has 2 nitrogen and oxygen atoms in total. The summed E-state index contributed by atoms with van der Waals surface area (Å²) in [7, 11) is 0. The van der Waals surface area contributed by atoms with Crippen LogP contribution in [0, 0.1) is 23.2 Å². The SMILES string of the molecule is C[C@@H](NCc1cc(Cl)ccc1OCc1ccc(Cl)cc1Cl)C12CC3CC(CC(C3)C1)C2. The van der Waals surface area contributed by atoms with Crippen molar-refractivity contribution in [1.29, 1.82) is 0 Å². The molecule has 0 amide bonds. The van der Waals surface area contributed by atoms with Gasteiger partial charge in [-0.2, -0.15) is 0 Å². The van der Waals surface area contributed by atoms with Crippen molar-refractivity contribution < 1.29 is 4.74 Å². The number of hydrogen-bond acceptors (Lipinski definition) is 2. The van der Waals surface area contributed by atoms with Crippen LogP contribution in [0.25, 0.3) is 0 Å². The highest BCUT2D eigenvalue weighted by atomic mass is 35.5. The second kappa shape index (κ2) is 8.78. The van der Waals surface area contributed by atoms with Crippen molar-refractivity contribution in [3.63, 3.8) is 0 Å². The normalized spacial score (nSPS) is 29.9. The van der Waals surface area contributed by atoms with Crippen LogP contribution in [0.15, 0.2) is 36.4 Å². The lowest BCUT2D eigenvalue weighted by Crippen LogP contribution is -2.54. The monoisotopic (exact) mass is 477 g/mol. The molecule has 0 spiro atoms. The molecule has 4 saturated carbocycles. The minimum atomic E-state index is 0.398. The van der Waals surface area contributed by atoms with Crippen molar-refractivity contribution in [2.24, 2.45) is 23.2 Å². The molecule has 166 valence electrons. The summed E-state index contributed by atoms with van der Waals surface area (Å²) in [4.78, 5) is 0. The van der Waals surface area contributed by atoms with E-state index in [0.717, 1.165) is 46.2 Å². The van der Waals surface area contributed by atoms with Gasteiger partial charge >= 0.3 is 0 Å². The Morgan fingerprint density at radius 2 is 1.52 bits per heavy atom. The van der Waals surface area contributed by atoms with Crippen LogP contribution in [-0.2, 0) is 13.2 Å². The molecule has 6 rings (SSSR count). The highest BCUT2D eigenvalue weighted by Gasteiger charge is 2.52. The Morgan fingerprint density at radius 3 is 2.16 bits per heavy atom. The summed E-state index contributed by atoms with van der Waals surface area (Å²) >= 11 is 18.7. The second-order valence-corrected chi connectivity index (χ2v) is 11.4. The van der Waals surface area contributed by atoms with E-state index in [0.29, 0.717) is 28.1 Å². The number of halogens is 3. The molecule has 4 aliphatic rings. The molecule has 5 heteroatoms. The molecule has 0 aromatic heterocycles. The predicted octanol–water partition coefficient (Wildman–Crippen LogP) is 7.92. The van der Waals surface area contributed by atoms with Gasteiger partial charge in [0.15, 0.2) is 0 Å². The van der Waals surface area contributed by atoms with Crippen LogP contribution >= 0.6 is 34.8 Å². The van der Waals surface area contributed by atoms with E-state index in [1.165, 1.54) is 38.5 Å². The quantitative estimate of drug-likeness (QED) is 0.436. The van der Waals surface area contributed by atoms with Gasteiger partial charge in [0, 0.05) is 38.8 Å². The van der Waals surface area contributed by atoms with Crippen LogP contribution in [0.1, 0.15) is 56.6 Å². The Bertz CT molecular complexity index is 924. The molecule has 4 bridgehead atoms. The summed E-state index contributed by atoms with van der Waals surface area (Å²) in [6.07, 6.45) is 8.64. The van der Waals surface area contributed by atoms with Gasteiger partial charge < -0.3 is 10.1 Å². The summed E-state index contributed by atoms with van der Waals surface area (Å²) in [6, 6.07) is 11.8. The molecule has 4 aliphatic carbocycles. The van der Waals surface area contributed by atoms with Gasteiger partial charge in [0.2, 0.25) is 0 Å². The minimum Gasteiger partial charge on any atom is -0.489 e. The van der Waals surface area contributed by atoms with Gasteiger partial charge in [0.25, 0.3) is 0 Å². The summed E-state index contributed by atoms with van der Waals surface area (Å²) in [6.45, 7) is 3.55. The van der Waals surface area contributed by atoms with Crippen LogP contribution in [-0.4, -0.2) is 6.04 Å². The summed E-state index contributed by atoms with van der Waals surface area (Å²) in [5, 5.41) is 5.84. The Kier molecular flexibility index (Phi) is 6.20. The zero-order chi connectivity index (χ0) is 21.6. The number of hydrogen-bond donors (Lipinski definition) is 1. The van der Waals surface area contributed by atoms with Gasteiger partial charge in [0.05, 0.1) is 0 Å². The molecule has 2 aromatic carbocycles. The first-order valence-electron chi connectivity index (χ1n) is 11.5. The Balaban J connectivity index is 1.26. The molecule has 0 unspecified atom stereocenters. The van der Waals surface area contributed by atoms with Gasteiger partial charge in [-0.15, -0.1) is 0 Å². The van der Waals surface area contributed by atoms with E-state index in [1.54, 1.807) is 6.07 Å². The van der Waals surface area contributed by atoms with E-state index in [9.17, 15) is 0 Å². The molecule has 0 aliphatic heterocycles. The van der Waals surface area contributed by atoms with E-state index in [-0.39, 0.29) is 0 Å². The van der Waals surface area contributed by atoms with E-state index in [2.05, 4.69) is 12.2 Å². The Labute approximate surface area is 200 Å². The maximum atomic E-state index is 6.33. The maximum absolute atomic E-state index is 6.33. The van der Waals surface area contributed by atoms with Gasteiger partial charge in [-0.05, 0) is 98.9 Å². The number of rotatable bonds is 7. The summed E-state index contributed by atoms with van der Waals surface area (Å²) in [5.74, 6) is 3.74. The maximum Gasteiger partial charge on any atom is 0.124 e. The first-order valence-corrected chi connectivity index (χ1v) is 12.6. The Hall–Kier alpha value is -0.930. The van der Waals surface area contributed by atoms with Crippen LogP contribution in [0.3, 0.4) is 0 Å². The lowest BCUT2D eigenvalue weighted by Gasteiger charge is -2.59. The van der Waals surface area contributed by atoms with Crippen molar-refractivity contribution in [1.82, 2.24) is 5.32 Å². The van der Waals surface area contributed by atoms with Crippen LogP contribution in [0.4, 0.5) is 0 Å². The highest BCUT2D eigenvalue weighted by Crippen LogP contribution is 2.61. The zero-order valence-electron chi connectivity index (χ0n) is 18.0. The standard InChI is InChI=1S/C26H30Cl3NO/c1-16(26-11-17-6-18(12-26)8-19(7-17)13-26)30-14-21-9-22(27)4-5-25(21)31-15-20-2-3-23(28)10-24(20)29/h2-5,9-10,16-19,30H,6-8,11-15H2,1H3/t16-,17?,18?,19?,26?/m1/s1.